The summed E-state index contributed by atoms with van der Waals surface area (Å²) in [6.45, 7) is 5.02. The molecule has 7 heteroatoms. The molecule has 0 aromatic heterocycles. The highest BCUT2D eigenvalue weighted by Crippen LogP contribution is 2.28. The molecule has 0 heterocycles. The Labute approximate surface area is 157 Å². The van der Waals surface area contributed by atoms with Crippen molar-refractivity contribution in [1.29, 1.82) is 0 Å². The van der Waals surface area contributed by atoms with Gasteiger partial charge in [0.15, 0.2) is 11.5 Å². The maximum absolute atomic E-state index is 12.9. The van der Waals surface area contributed by atoms with E-state index in [0.29, 0.717) is 30.3 Å². The summed E-state index contributed by atoms with van der Waals surface area (Å²) in [6, 6.07) is 9.81. The number of hydrazine groups is 1. The second-order valence-electron chi connectivity index (χ2n) is 5.77. The van der Waals surface area contributed by atoms with Crippen molar-refractivity contribution >= 4 is 11.8 Å². The highest BCUT2D eigenvalue weighted by atomic mass is 19.1. The van der Waals surface area contributed by atoms with Crippen LogP contribution in [0.3, 0.4) is 0 Å². The average Bonchev–Trinajstić information content (AvgIpc) is 2.69. The van der Waals surface area contributed by atoms with Crippen molar-refractivity contribution in [2.45, 2.75) is 26.7 Å². The van der Waals surface area contributed by atoms with E-state index in [-0.39, 0.29) is 5.56 Å². The number of carbonyl (C=O) groups is 2. The number of benzene rings is 2. The van der Waals surface area contributed by atoms with Crippen LogP contribution in [0.15, 0.2) is 42.5 Å². The number of hydrogen-bond donors (Lipinski definition) is 2. The minimum Gasteiger partial charge on any atom is -0.490 e. The molecule has 27 heavy (non-hydrogen) atoms. The summed E-state index contributed by atoms with van der Waals surface area (Å²) in [7, 11) is 0. The van der Waals surface area contributed by atoms with Gasteiger partial charge >= 0.3 is 0 Å². The van der Waals surface area contributed by atoms with Gasteiger partial charge in [0.1, 0.15) is 5.82 Å². The molecule has 0 saturated carbocycles. The molecular formula is C20H23FN2O4. The third kappa shape index (κ3) is 5.99. The number of ether oxygens (including phenoxy) is 2. The van der Waals surface area contributed by atoms with Crippen LogP contribution < -0.4 is 20.3 Å². The van der Waals surface area contributed by atoms with E-state index in [2.05, 4.69) is 10.9 Å². The maximum Gasteiger partial charge on any atom is 0.269 e. The Morgan fingerprint density at radius 3 is 1.93 bits per heavy atom. The van der Waals surface area contributed by atoms with E-state index in [0.717, 1.165) is 12.8 Å². The summed E-state index contributed by atoms with van der Waals surface area (Å²) in [5.74, 6) is -0.455. The van der Waals surface area contributed by atoms with Crippen LogP contribution in [0.25, 0.3) is 0 Å². The standard InChI is InChI=1S/C20H23FN2O4/c1-3-11-26-17-10-7-15(13-18(17)27-12-4-2)20(25)23-22-19(24)14-5-8-16(21)9-6-14/h5-10,13H,3-4,11-12H2,1-2H3,(H,22,24)(H,23,25). The minimum atomic E-state index is -0.547. The van der Waals surface area contributed by atoms with Crippen LogP contribution in [-0.4, -0.2) is 25.0 Å². The topological polar surface area (TPSA) is 76.7 Å². The summed E-state index contributed by atoms with van der Waals surface area (Å²) in [5.41, 5.74) is 5.16. The van der Waals surface area contributed by atoms with Crippen molar-refractivity contribution in [3.05, 3.63) is 59.4 Å². The Kier molecular flexibility index (Phi) is 7.61. The van der Waals surface area contributed by atoms with E-state index in [1.165, 1.54) is 24.3 Å². The van der Waals surface area contributed by atoms with Gasteiger partial charge in [-0.3, -0.25) is 20.4 Å². The monoisotopic (exact) mass is 374 g/mol. The molecule has 144 valence electrons. The number of amides is 2. The maximum atomic E-state index is 12.9. The Hall–Kier alpha value is -3.09. The summed E-state index contributed by atoms with van der Waals surface area (Å²) in [5, 5.41) is 0. The van der Waals surface area contributed by atoms with Gasteiger partial charge in [0.05, 0.1) is 13.2 Å². The lowest BCUT2D eigenvalue weighted by Crippen LogP contribution is -2.41. The van der Waals surface area contributed by atoms with E-state index < -0.39 is 17.6 Å². The summed E-state index contributed by atoms with van der Waals surface area (Å²) in [6.07, 6.45) is 1.67. The number of rotatable bonds is 8. The van der Waals surface area contributed by atoms with Gasteiger partial charge in [-0.25, -0.2) is 4.39 Å². The van der Waals surface area contributed by atoms with Gasteiger partial charge in [0.2, 0.25) is 0 Å². The fraction of sp³-hybridized carbons (Fsp3) is 0.300. The smallest absolute Gasteiger partial charge is 0.269 e. The van der Waals surface area contributed by atoms with E-state index >= 15 is 0 Å². The number of nitrogens with one attached hydrogen (secondary N) is 2. The Balaban J connectivity index is 2.03. The summed E-state index contributed by atoms with van der Waals surface area (Å²) < 4.78 is 24.2. The summed E-state index contributed by atoms with van der Waals surface area (Å²) >= 11 is 0. The number of hydrogen-bond acceptors (Lipinski definition) is 4. The molecule has 2 rings (SSSR count). The van der Waals surface area contributed by atoms with Crippen molar-refractivity contribution in [2.24, 2.45) is 0 Å². The molecule has 0 aliphatic carbocycles. The van der Waals surface area contributed by atoms with Crippen molar-refractivity contribution < 1.29 is 23.5 Å². The van der Waals surface area contributed by atoms with Crippen LogP contribution in [0.4, 0.5) is 4.39 Å². The lowest BCUT2D eigenvalue weighted by molar-refractivity contribution is 0.0846. The first-order valence-electron chi connectivity index (χ1n) is 8.81. The van der Waals surface area contributed by atoms with Crippen LogP contribution in [-0.2, 0) is 0 Å². The number of carbonyl (C=O) groups excluding carboxylic acids is 2. The summed E-state index contributed by atoms with van der Waals surface area (Å²) in [4.78, 5) is 24.3. The van der Waals surface area contributed by atoms with Crippen molar-refractivity contribution in [3.63, 3.8) is 0 Å². The quantitative estimate of drug-likeness (QED) is 0.694. The largest absolute Gasteiger partial charge is 0.490 e. The van der Waals surface area contributed by atoms with E-state index in [4.69, 9.17) is 9.47 Å². The van der Waals surface area contributed by atoms with Gasteiger partial charge in [-0.15, -0.1) is 0 Å². The van der Waals surface area contributed by atoms with Crippen LogP contribution in [0.5, 0.6) is 11.5 Å². The third-order valence-electron chi connectivity index (χ3n) is 3.53. The SMILES string of the molecule is CCCOc1ccc(C(=O)NNC(=O)c2ccc(F)cc2)cc1OCCC. The van der Waals surface area contributed by atoms with Gasteiger partial charge in [0.25, 0.3) is 11.8 Å². The Morgan fingerprint density at radius 2 is 1.33 bits per heavy atom. The van der Waals surface area contributed by atoms with Gasteiger partial charge in [0, 0.05) is 11.1 Å². The Bertz CT molecular complexity index is 778. The van der Waals surface area contributed by atoms with Crippen LogP contribution in [0.2, 0.25) is 0 Å². The highest BCUT2D eigenvalue weighted by Gasteiger charge is 2.13. The molecule has 2 N–H and O–H groups in total. The first kappa shape index (κ1) is 20.2. The lowest BCUT2D eigenvalue weighted by Gasteiger charge is -2.14. The van der Waals surface area contributed by atoms with Gasteiger partial charge in [-0.05, 0) is 55.3 Å². The predicted molar refractivity (Wildman–Crippen MR) is 99.3 cm³/mol. The molecule has 2 amide bonds. The third-order valence-corrected chi connectivity index (χ3v) is 3.53. The lowest BCUT2D eigenvalue weighted by atomic mass is 10.2. The molecule has 0 saturated heterocycles. The molecule has 0 spiro atoms. The zero-order chi connectivity index (χ0) is 19.6. The zero-order valence-electron chi connectivity index (χ0n) is 15.4. The molecule has 6 nitrogen and oxygen atoms in total. The average molecular weight is 374 g/mol. The molecule has 2 aromatic rings. The number of halogens is 1. The van der Waals surface area contributed by atoms with Crippen LogP contribution in [0.1, 0.15) is 47.4 Å². The molecule has 2 aromatic carbocycles. The molecule has 0 bridgehead atoms. The second kappa shape index (κ2) is 10.2. The zero-order valence-corrected chi connectivity index (χ0v) is 15.4. The normalized spacial score (nSPS) is 10.2. The van der Waals surface area contributed by atoms with Crippen molar-refractivity contribution in [3.8, 4) is 11.5 Å². The van der Waals surface area contributed by atoms with Gasteiger partial charge < -0.3 is 9.47 Å². The molecule has 0 unspecified atom stereocenters. The molecule has 0 atom stereocenters. The molecule has 0 aliphatic rings. The fourth-order valence-electron chi connectivity index (χ4n) is 2.16. The van der Waals surface area contributed by atoms with Gasteiger partial charge in [-0.1, -0.05) is 13.8 Å². The highest BCUT2D eigenvalue weighted by molar-refractivity contribution is 5.99. The first-order chi connectivity index (χ1) is 13.0. The molecule has 0 radical (unpaired) electrons. The Morgan fingerprint density at radius 1 is 0.815 bits per heavy atom. The van der Waals surface area contributed by atoms with E-state index in [9.17, 15) is 14.0 Å². The minimum absolute atomic E-state index is 0.229. The fourth-order valence-corrected chi connectivity index (χ4v) is 2.16. The van der Waals surface area contributed by atoms with Crippen LogP contribution >= 0.6 is 0 Å². The molecule has 0 fully saturated rings. The second-order valence-corrected chi connectivity index (χ2v) is 5.77. The van der Waals surface area contributed by atoms with E-state index in [1.807, 2.05) is 13.8 Å². The van der Waals surface area contributed by atoms with Crippen molar-refractivity contribution in [1.82, 2.24) is 10.9 Å². The van der Waals surface area contributed by atoms with Crippen molar-refractivity contribution in [2.75, 3.05) is 13.2 Å². The molecule has 0 aliphatic heterocycles. The predicted octanol–water partition coefficient (Wildman–Crippen LogP) is 3.48. The molecular weight excluding hydrogens is 351 g/mol. The van der Waals surface area contributed by atoms with Gasteiger partial charge in [-0.2, -0.15) is 0 Å². The van der Waals surface area contributed by atoms with E-state index in [1.54, 1.807) is 18.2 Å². The first-order valence-corrected chi connectivity index (χ1v) is 8.81. The van der Waals surface area contributed by atoms with Crippen LogP contribution in [0, 0.1) is 5.82 Å².